The predicted octanol–water partition coefficient (Wildman–Crippen LogP) is 3.97. The molecule has 0 radical (unpaired) electrons. The van der Waals surface area contributed by atoms with Gasteiger partial charge in [0.25, 0.3) is 0 Å². The molecule has 0 aromatic heterocycles. The molecule has 0 atom stereocenters. The molecule has 0 bridgehead atoms. The first-order chi connectivity index (χ1) is 5.80. The van der Waals surface area contributed by atoms with E-state index in [0.29, 0.717) is 0 Å². The largest absolute Gasteiger partial charge is 0.272 e. The third-order valence-electron chi connectivity index (χ3n) is 1.93. The van der Waals surface area contributed by atoms with Crippen molar-refractivity contribution in [3.05, 3.63) is 22.9 Å². The maximum atomic E-state index is 3.81. The first kappa shape index (κ1) is 12.2. The van der Waals surface area contributed by atoms with E-state index in [1.165, 1.54) is 16.7 Å². The average molecular weight is 179 g/mol. The van der Waals surface area contributed by atoms with Crippen LogP contribution in [0.15, 0.2) is 27.9 Å². The first-order valence-electron chi connectivity index (χ1n) is 4.61. The minimum Gasteiger partial charge on any atom is -0.272 e. The van der Waals surface area contributed by atoms with E-state index in [1.807, 2.05) is 6.20 Å². The van der Waals surface area contributed by atoms with Crippen molar-refractivity contribution in [2.45, 2.75) is 41.5 Å². The minimum absolute atomic E-state index is 0.185. The lowest BCUT2D eigenvalue weighted by molar-refractivity contribution is 0.505. The molecular weight excluding hydrogens is 158 g/mol. The lowest BCUT2D eigenvalue weighted by atomic mass is 9.80. The van der Waals surface area contributed by atoms with Crippen molar-refractivity contribution < 1.29 is 0 Å². The fourth-order valence-corrected chi connectivity index (χ4v) is 1.94. The normalized spacial score (nSPS) is 12.6. The molecule has 0 aliphatic heterocycles. The van der Waals surface area contributed by atoms with Gasteiger partial charge in [0.15, 0.2) is 0 Å². The van der Waals surface area contributed by atoms with Crippen LogP contribution < -0.4 is 0 Å². The third kappa shape index (κ3) is 3.58. The molecule has 13 heavy (non-hydrogen) atoms. The van der Waals surface area contributed by atoms with E-state index >= 15 is 0 Å². The Balaban J connectivity index is 5.21. The van der Waals surface area contributed by atoms with E-state index in [-0.39, 0.29) is 5.41 Å². The maximum Gasteiger partial charge on any atom is 0.0292 e. The van der Waals surface area contributed by atoms with Crippen LogP contribution in [0.25, 0.3) is 0 Å². The molecule has 1 heteroatoms. The lowest BCUT2D eigenvalue weighted by Gasteiger charge is -2.25. The summed E-state index contributed by atoms with van der Waals surface area (Å²) in [4.78, 5) is 3.81. The van der Waals surface area contributed by atoms with Crippen LogP contribution in [0.5, 0.6) is 0 Å². The van der Waals surface area contributed by atoms with Gasteiger partial charge in [0.1, 0.15) is 0 Å². The minimum atomic E-state index is 0.185. The Morgan fingerprint density at radius 1 is 1.15 bits per heavy atom. The molecule has 1 nitrogen and oxygen atoms in total. The van der Waals surface area contributed by atoms with Gasteiger partial charge in [-0.2, -0.15) is 0 Å². The molecule has 0 saturated carbocycles. The molecule has 0 saturated heterocycles. The van der Waals surface area contributed by atoms with Gasteiger partial charge in [-0.15, -0.1) is 0 Å². The number of aliphatic imine (C=N–C) groups is 1. The van der Waals surface area contributed by atoms with Gasteiger partial charge in [-0.3, -0.25) is 4.99 Å². The van der Waals surface area contributed by atoms with Gasteiger partial charge in [-0.25, -0.2) is 0 Å². The average Bonchev–Trinajstić information content (AvgIpc) is 1.82. The van der Waals surface area contributed by atoms with Gasteiger partial charge in [0.2, 0.25) is 0 Å². The van der Waals surface area contributed by atoms with Gasteiger partial charge >= 0.3 is 0 Å². The molecule has 0 unspecified atom stereocenters. The van der Waals surface area contributed by atoms with E-state index in [1.54, 1.807) is 0 Å². The van der Waals surface area contributed by atoms with Gasteiger partial charge in [0, 0.05) is 6.20 Å². The molecular formula is C12H21N. The molecule has 0 rings (SSSR count). The molecule has 0 aromatic carbocycles. The summed E-state index contributed by atoms with van der Waals surface area (Å²) in [7, 11) is 0. The molecule has 74 valence electrons. The maximum absolute atomic E-state index is 3.81. The Kier molecular flexibility index (Phi) is 4.12. The quantitative estimate of drug-likeness (QED) is 0.449. The fourth-order valence-electron chi connectivity index (χ4n) is 1.94. The van der Waals surface area contributed by atoms with Crippen LogP contribution in [0.2, 0.25) is 0 Å². The Morgan fingerprint density at radius 3 is 1.85 bits per heavy atom. The van der Waals surface area contributed by atoms with Crippen LogP contribution in [0.3, 0.4) is 0 Å². The Morgan fingerprint density at radius 2 is 1.62 bits per heavy atom. The van der Waals surface area contributed by atoms with E-state index in [4.69, 9.17) is 0 Å². The summed E-state index contributed by atoms with van der Waals surface area (Å²) in [6.07, 6.45) is 1.83. The summed E-state index contributed by atoms with van der Waals surface area (Å²) in [5.74, 6) is 0. The smallest absolute Gasteiger partial charge is 0.0292 e. The summed E-state index contributed by atoms with van der Waals surface area (Å²) in [6.45, 7) is 16.5. The van der Waals surface area contributed by atoms with E-state index < -0.39 is 0 Å². The molecule has 0 spiro atoms. The lowest BCUT2D eigenvalue weighted by Crippen LogP contribution is -2.12. The summed E-state index contributed by atoms with van der Waals surface area (Å²) < 4.78 is 0. The summed E-state index contributed by atoms with van der Waals surface area (Å²) in [5.41, 5.74) is 4.12. The van der Waals surface area contributed by atoms with Crippen molar-refractivity contribution in [2.75, 3.05) is 0 Å². The Labute approximate surface area is 82.3 Å². The SMILES string of the molecule is C=N/C=C(/C)C(=C(C)C)C(C)(C)C. The highest BCUT2D eigenvalue weighted by Gasteiger charge is 2.19. The zero-order chi connectivity index (χ0) is 10.6. The van der Waals surface area contributed by atoms with Gasteiger partial charge in [-0.1, -0.05) is 26.3 Å². The summed E-state index contributed by atoms with van der Waals surface area (Å²) in [6, 6.07) is 0. The third-order valence-corrected chi connectivity index (χ3v) is 1.93. The van der Waals surface area contributed by atoms with Crippen molar-refractivity contribution in [1.29, 1.82) is 0 Å². The van der Waals surface area contributed by atoms with Crippen LogP contribution in [0, 0.1) is 5.41 Å². The van der Waals surface area contributed by atoms with E-state index in [2.05, 4.69) is 53.3 Å². The number of rotatable bonds is 2. The molecule has 0 aliphatic rings. The molecule has 0 fully saturated rings. The first-order valence-corrected chi connectivity index (χ1v) is 4.61. The zero-order valence-electron chi connectivity index (χ0n) is 9.73. The van der Waals surface area contributed by atoms with Crippen LogP contribution >= 0.6 is 0 Å². The molecule has 0 aromatic rings. The highest BCUT2D eigenvalue weighted by molar-refractivity contribution is 5.38. The second-order valence-electron chi connectivity index (χ2n) is 4.62. The van der Waals surface area contributed by atoms with E-state index in [0.717, 1.165) is 0 Å². The highest BCUT2D eigenvalue weighted by Crippen LogP contribution is 2.33. The number of hydrogen-bond donors (Lipinski definition) is 0. The second-order valence-corrected chi connectivity index (χ2v) is 4.62. The second kappa shape index (κ2) is 4.40. The van der Waals surface area contributed by atoms with E-state index in [9.17, 15) is 0 Å². The van der Waals surface area contributed by atoms with Crippen molar-refractivity contribution in [3.63, 3.8) is 0 Å². The van der Waals surface area contributed by atoms with Crippen molar-refractivity contribution in [3.8, 4) is 0 Å². The Bertz CT molecular complexity index is 245. The molecule has 0 heterocycles. The highest BCUT2D eigenvalue weighted by atomic mass is 14.6. The van der Waals surface area contributed by atoms with Crippen LogP contribution in [0.4, 0.5) is 0 Å². The van der Waals surface area contributed by atoms with Crippen LogP contribution in [-0.4, -0.2) is 6.72 Å². The number of allylic oxidation sites excluding steroid dienone is 3. The van der Waals surface area contributed by atoms with Crippen LogP contribution in [0.1, 0.15) is 41.5 Å². The van der Waals surface area contributed by atoms with Gasteiger partial charge in [-0.05, 0) is 44.0 Å². The zero-order valence-corrected chi connectivity index (χ0v) is 9.73. The van der Waals surface area contributed by atoms with Gasteiger partial charge in [0.05, 0.1) is 0 Å². The number of hydrogen-bond acceptors (Lipinski definition) is 1. The summed E-state index contributed by atoms with van der Waals surface area (Å²) >= 11 is 0. The molecule has 0 aliphatic carbocycles. The molecule has 0 amide bonds. The monoisotopic (exact) mass is 179 g/mol. The topological polar surface area (TPSA) is 12.4 Å². The Hall–Kier alpha value is -0.850. The number of nitrogens with zero attached hydrogens (tertiary/aromatic N) is 1. The van der Waals surface area contributed by atoms with Gasteiger partial charge < -0.3 is 0 Å². The summed E-state index contributed by atoms with van der Waals surface area (Å²) in [5, 5.41) is 0. The van der Waals surface area contributed by atoms with Crippen LogP contribution in [-0.2, 0) is 0 Å². The fraction of sp³-hybridized carbons (Fsp3) is 0.583. The van der Waals surface area contributed by atoms with Crippen molar-refractivity contribution in [1.82, 2.24) is 0 Å². The standard InChI is InChI=1S/C12H21N/c1-9(2)11(12(4,5)6)10(3)8-13-7/h8H,7H2,1-6H3/b10-8-. The van der Waals surface area contributed by atoms with Crippen molar-refractivity contribution >= 4 is 6.72 Å². The molecule has 0 N–H and O–H groups in total. The predicted molar refractivity (Wildman–Crippen MR) is 61.1 cm³/mol. The van der Waals surface area contributed by atoms with Crippen molar-refractivity contribution in [2.24, 2.45) is 10.4 Å².